The fourth-order valence-electron chi connectivity index (χ4n) is 3.10. The van der Waals surface area contributed by atoms with Crippen LogP contribution in [0.4, 0.5) is 13.6 Å². The van der Waals surface area contributed by atoms with Crippen molar-refractivity contribution >= 4 is 17.7 Å². The van der Waals surface area contributed by atoms with Gasteiger partial charge in [0.1, 0.15) is 17.2 Å². The molecule has 3 rings (SSSR count). The van der Waals surface area contributed by atoms with Crippen LogP contribution in [0.1, 0.15) is 31.9 Å². The summed E-state index contributed by atoms with van der Waals surface area (Å²) in [6.45, 7) is 6.00. The number of amides is 1. The van der Waals surface area contributed by atoms with E-state index >= 15 is 0 Å². The second-order valence-electron chi connectivity index (χ2n) is 7.30. The van der Waals surface area contributed by atoms with Crippen LogP contribution in [0, 0.1) is 11.6 Å². The summed E-state index contributed by atoms with van der Waals surface area (Å²) in [6, 6.07) is 7.00. The summed E-state index contributed by atoms with van der Waals surface area (Å²) in [7, 11) is 0. The van der Waals surface area contributed by atoms with Crippen LogP contribution in [0.25, 0.3) is 11.1 Å². The van der Waals surface area contributed by atoms with Crippen LogP contribution in [-0.4, -0.2) is 23.1 Å². The molecule has 0 atom stereocenters. The molecule has 1 heterocycles. The molecule has 0 N–H and O–H groups in total. The Balaban J connectivity index is 2.04. The zero-order valence-corrected chi connectivity index (χ0v) is 15.7. The molecule has 6 heteroatoms. The molecule has 0 saturated heterocycles. The second kappa shape index (κ2) is 6.88. The Bertz CT molecular complexity index is 841. The maximum atomic E-state index is 14.3. The van der Waals surface area contributed by atoms with Gasteiger partial charge in [-0.15, -0.1) is 0 Å². The molecular formula is C20H20ClF2NO2. The van der Waals surface area contributed by atoms with E-state index in [2.05, 4.69) is 0 Å². The highest BCUT2D eigenvalue weighted by Gasteiger charge is 2.29. The highest BCUT2D eigenvalue weighted by atomic mass is 35.5. The molecule has 0 fully saturated rings. The summed E-state index contributed by atoms with van der Waals surface area (Å²) in [5.41, 5.74) is 1.15. The maximum Gasteiger partial charge on any atom is 0.410 e. The van der Waals surface area contributed by atoms with Crippen LogP contribution >= 0.6 is 11.6 Å². The number of ether oxygens (including phenoxy) is 1. The van der Waals surface area contributed by atoms with E-state index in [9.17, 15) is 13.6 Å². The van der Waals surface area contributed by atoms with Crippen molar-refractivity contribution < 1.29 is 18.3 Å². The summed E-state index contributed by atoms with van der Waals surface area (Å²) in [6.07, 6.45) is 0.0419. The lowest BCUT2D eigenvalue weighted by Crippen LogP contribution is -2.40. The van der Waals surface area contributed by atoms with E-state index in [-0.39, 0.29) is 12.1 Å². The molecule has 0 saturated carbocycles. The number of fused-ring (bicyclic) bond motifs is 1. The number of nitrogens with zero attached hydrogens (tertiary/aromatic N) is 1. The minimum Gasteiger partial charge on any atom is -0.444 e. The third kappa shape index (κ3) is 3.68. The Labute approximate surface area is 156 Å². The third-order valence-electron chi connectivity index (χ3n) is 4.24. The number of rotatable bonds is 1. The van der Waals surface area contributed by atoms with Gasteiger partial charge in [-0.3, -0.25) is 0 Å². The van der Waals surface area contributed by atoms with Gasteiger partial charge in [-0.05, 0) is 62.1 Å². The molecule has 0 unspecified atom stereocenters. The minimum atomic E-state index is -0.649. The van der Waals surface area contributed by atoms with E-state index in [1.54, 1.807) is 32.9 Å². The summed E-state index contributed by atoms with van der Waals surface area (Å²) in [4.78, 5) is 13.9. The number of carbonyl (C=O) groups is 1. The van der Waals surface area contributed by atoms with E-state index in [4.69, 9.17) is 16.3 Å². The van der Waals surface area contributed by atoms with E-state index in [1.807, 2.05) is 0 Å². The molecule has 3 nitrogen and oxygen atoms in total. The molecule has 26 heavy (non-hydrogen) atoms. The molecule has 138 valence electrons. The molecule has 1 aliphatic rings. The smallest absolute Gasteiger partial charge is 0.410 e. The zero-order valence-electron chi connectivity index (χ0n) is 14.9. The zero-order chi connectivity index (χ0) is 19.1. The highest BCUT2D eigenvalue weighted by molar-refractivity contribution is 6.31. The van der Waals surface area contributed by atoms with Gasteiger partial charge in [-0.2, -0.15) is 0 Å². The molecule has 1 amide bonds. The first kappa shape index (κ1) is 18.6. The van der Waals surface area contributed by atoms with Gasteiger partial charge in [0.05, 0.1) is 5.56 Å². The Hall–Kier alpha value is -2.14. The van der Waals surface area contributed by atoms with Gasteiger partial charge < -0.3 is 9.64 Å². The number of hydrogen-bond donors (Lipinski definition) is 0. The van der Waals surface area contributed by atoms with E-state index in [1.165, 1.54) is 23.1 Å². The molecule has 1 aliphatic heterocycles. The summed E-state index contributed by atoms with van der Waals surface area (Å²) < 4.78 is 34.0. The number of halogens is 3. The van der Waals surface area contributed by atoms with Crippen LogP contribution < -0.4 is 0 Å². The van der Waals surface area contributed by atoms with Crippen molar-refractivity contribution in [3.8, 4) is 11.1 Å². The number of carbonyl (C=O) groups excluding carboxylic acids is 1. The monoisotopic (exact) mass is 379 g/mol. The highest BCUT2D eigenvalue weighted by Crippen LogP contribution is 2.37. The fraction of sp³-hybridized carbons (Fsp3) is 0.350. The Morgan fingerprint density at radius 3 is 2.38 bits per heavy atom. The third-order valence-corrected chi connectivity index (χ3v) is 4.59. The fourth-order valence-corrected chi connectivity index (χ4v) is 3.38. The van der Waals surface area contributed by atoms with Crippen LogP contribution in [-0.2, 0) is 17.7 Å². The molecule has 2 aromatic carbocycles. The van der Waals surface area contributed by atoms with Gasteiger partial charge in [0.25, 0.3) is 0 Å². The largest absolute Gasteiger partial charge is 0.444 e. The summed E-state index contributed by atoms with van der Waals surface area (Å²) >= 11 is 6.29. The minimum absolute atomic E-state index is 0.105. The lowest BCUT2D eigenvalue weighted by molar-refractivity contribution is 0.0224. The van der Waals surface area contributed by atoms with Crippen molar-refractivity contribution in [2.24, 2.45) is 0 Å². The van der Waals surface area contributed by atoms with Gasteiger partial charge in [-0.25, -0.2) is 13.6 Å². The normalized spacial score (nSPS) is 14.2. The second-order valence-corrected chi connectivity index (χ2v) is 7.71. The van der Waals surface area contributed by atoms with Crippen molar-refractivity contribution in [1.82, 2.24) is 4.90 Å². The Kier molecular flexibility index (Phi) is 4.93. The first-order chi connectivity index (χ1) is 12.2. The van der Waals surface area contributed by atoms with Gasteiger partial charge >= 0.3 is 6.09 Å². The molecule has 0 bridgehead atoms. The van der Waals surface area contributed by atoms with Crippen LogP contribution in [0.2, 0.25) is 5.02 Å². The Morgan fingerprint density at radius 1 is 1.12 bits per heavy atom. The topological polar surface area (TPSA) is 29.5 Å². The lowest BCUT2D eigenvalue weighted by atomic mass is 9.90. The van der Waals surface area contributed by atoms with Gasteiger partial charge in [0, 0.05) is 18.1 Å². The van der Waals surface area contributed by atoms with Crippen LogP contribution in [0.3, 0.4) is 0 Å². The average Bonchev–Trinajstić information content (AvgIpc) is 2.55. The number of benzene rings is 2. The van der Waals surface area contributed by atoms with Gasteiger partial charge in [-0.1, -0.05) is 23.7 Å². The van der Waals surface area contributed by atoms with Crippen LogP contribution in [0.5, 0.6) is 0 Å². The molecule has 0 radical (unpaired) electrons. The average molecular weight is 380 g/mol. The predicted molar refractivity (Wildman–Crippen MR) is 97.2 cm³/mol. The van der Waals surface area contributed by atoms with Gasteiger partial charge in [0.15, 0.2) is 0 Å². The van der Waals surface area contributed by atoms with E-state index in [0.29, 0.717) is 29.1 Å². The SMILES string of the molecule is CC(C)(C)OC(=O)N1CCc2c(Cl)ccc(-c3c(F)cccc3F)c2C1. The van der Waals surface area contributed by atoms with Gasteiger partial charge in [0.2, 0.25) is 0 Å². The first-order valence-corrected chi connectivity index (χ1v) is 8.78. The molecule has 0 aliphatic carbocycles. The number of hydrogen-bond acceptors (Lipinski definition) is 2. The van der Waals surface area contributed by atoms with Crippen molar-refractivity contribution in [3.05, 3.63) is 58.1 Å². The maximum absolute atomic E-state index is 14.3. The van der Waals surface area contributed by atoms with Crippen molar-refractivity contribution in [2.75, 3.05) is 6.54 Å². The molecule has 0 spiro atoms. The van der Waals surface area contributed by atoms with Crippen LogP contribution in [0.15, 0.2) is 30.3 Å². The first-order valence-electron chi connectivity index (χ1n) is 8.40. The van der Waals surface area contributed by atoms with Crippen molar-refractivity contribution in [2.45, 2.75) is 39.3 Å². The van der Waals surface area contributed by atoms with E-state index < -0.39 is 23.3 Å². The predicted octanol–water partition coefficient (Wildman–Crippen LogP) is 5.58. The Morgan fingerprint density at radius 2 is 1.77 bits per heavy atom. The molecular weight excluding hydrogens is 360 g/mol. The lowest BCUT2D eigenvalue weighted by Gasteiger charge is -2.32. The summed E-state index contributed by atoms with van der Waals surface area (Å²) in [5.74, 6) is -1.30. The molecule has 0 aromatic heterocycles. The molecule has 2 aromatic rings. The quantitative estimate of drug-likeness (QED) is 0.647. The van der Waals surface area contributed by atoms with E-state index in [0.717, 1.165) is 5.56 Å². The van der Waals surface area contributed by atoms with Crippen molar-refractivity contribution in [3.63, 3.8) is 0 Å². The van der Waals surface area contributed by atoms with Crippen molar-refractivity contribution in [1.29, 1.82) is 0 Å². The standard InChI is InChI=1S/C20H20ClF2NO2/c1-20(2,3)26-19(25)24-10-9-12-14(11-24)13(7-8-15(12)21)18-16(22)5-4-6-17(18)23/h4-8H,9-11H2,1-3H3. The summed E-state index contributed by atoms with van der Waals surface area (Å²) in [5, 5.41) is 0.532.